The lowest BCUT2D eigenvalue weighted by Crippen LogP contribution is -2.42. The fourth-order valence-electron chi connectivity index (χ4n) is 3.24. The van der Waals surface area contributed by atoms with Crippen molar-refractivity contribution in [1.29, 1.82) is 0 Å². The fraction of sp³-hybridized carbons (Fsp3) is 0.261. The molecule has 0 fully saturated rings. The van der Waals surface area contributed by atoms with E-state index in [4.69, 9.17) is 5.73 Å². The maximum Gasteiger partial charge on any atom is 0.330 e. The van der Waals surface area contributed by atoms with Crippen molar-refractivity contribution in [3.8, 4) is 0 Å². The van der Waals surface area contributed by atoms with E-state index in [2.05, 4.69) is 4.98 Å². The monoisotopic (exact) mass is 424 g/mol. The number of aromatic amines is 1. The Morgan fingerprint density at radius 1 is 1.10 bits per heavy atom. The molecule has 0 aliphatic rings. The number of nitrogens with two attached hydrogens (primary N) is 1. The van der Waals surface area contributed by atoms with Gasteiger partial charge < -0.3 is 10.6 Å². The van der Waals surface area contributed by atoms with E-state index in [9.17, 15) is 18.8 Å². The molecule has 1 heterocycles. The first-order chi connectivity index (χ1) is 14.8. The summed E-state index contributed by atoms with van der Waals surface area (Å²) in [6, 6.07) is 14.7. The minimum atomic E-state index is -0.791. The number of benzene rings is 2. The predicted octanol–water partition coefficient (Wildman–Crippen LogP) is 3.00. The maximum atomic E-state index is 14.3. The van der Waals surface area contributed by atoms with Crippen LogP contribution in [0.1, 0.15) is 36.2 Å². The van der Waals surface area contributed by atoms with E-state index in [1.165, 1.54) is 22.8 Å². The molecule has 0 unspecified atom stereocenters. The number of H-pyrrole nitrogens is 1. The summed E-state index contributed by atoms with van der Waals surface area (Å²) in [7, 11) is 0. The van der Waals surface area contributed by atoms with Gasteiger partial charge in [0.25, 0.3) is 11.5 Å². The van der Waals surface area contributed by atoms with Gasteiger partial charge in [-0.25, -0.2) is 9.18 Å². The number of carbonyl (C=O) groups is 1. The first-order valence-electron chi connectivity index (χ1n) is 10.0. The van der Waals surface area contributed by atoms with Crippen molar-refractivity contribution >= 4 is 17.4 Å². The predicted molar refractivity (Wildman–Crippen MR) is 119 cm³/mol. The molecule has 0 aliphatic heterocycles. The molecular formula is C23H25FN4O3. The van der Waals surface area contributed by atoms with Gasteiger partial charge in [-0.3, -0.25) is 19.1 Å². The largest absolute Gasteiger partial charge is 0.383 e. The Bertz CT molecular complexity index is 1190. The van der Waals surface area contributed by atoms with Crippen molar-refractivity contribution < 1.29 is 9.18 Å². The quantitative estimate of drug-likeness (QED) is 0.609. The molecular weight excluding hydrogens is 399 g/mol. The molecule has 7 nitrogen and oxygen atoms in total. The molecule has 1 aromatic heterocycles. The molecule has 3 N–H and O–H groups in total. The number of halogens is 1. The summed E-state index contributed by atoms with van der Waals surface area (Å²) in [4.78, 5) is 41.8. The average molecular weight is 424 g/mol. The first kappa shape index (κ1) is 22.0. The summed E-state index contributed by atoms with van der Waals surface area (Å²) in [5.41, 5.74) is 5.23. The summed E-state index contributed by atoms with van der Waals surface area (Å²) in [5.74, 6) is -1.33. The van der Waals surface area contributed by atoms with Crippen LogP contribution < -0.4 is 21.9 Å². The van der Waals surface area contributed by atoms with E-state index in [0.717, 1.165) is 10.5 Å². The third-order valence-electron chi connectivity index (χ3n) is 4.95. The smallest absolute Gasteiger partial charge is 0.330 e. The van der Waals surface area contributed by atoms with Gasteiger partial charge in [-0.15, -0.1) is 0 Å². The number of hydrogen-bond acceptors (Lipinski definition) is 4. The number of hydrogen-bond donors (Lipinski definition) is 2. The van der Waals surface area contributed by atoms with Crippen LogP contribution >= 0.6 is 0 Å². The Morgan fingerprint density at radius 2 is 1.74 bits per heavy atom. The highest BCUT2D eigenvalue weighted by Crippen LogP contribution is 2.22. The van der Waals surface area contributed by atoms with Crippen molar-refractivity contribution in [2.45, 2.75) is 26.8 Å². The molecule has 0 atom stereocenters. The van der Waals surface area contributed by atoms with E-state index < -0.39 is 23.0 Å². The third kappa shape index (κ3) is 4.91. The normalized spacial score (nSPS) is 11.0. The minimum Gasteiger partial charge on any atom is -0.383 e. The van der Waals surface area contributed by atoms with Gasteiger partial charge in [0.05, 0.1) is 12.1 Å². The minimum absolute atomic E-state index is 0.112. The van der Waals surface area contributed by atoms with Gasteiger partial charge in [0.2, 0.25) is 0 Å². The zero-order valence-corrected chi connectivity index (χ0v) is 17.5. The molecule has 3 aromatic rings. The van der Waals surface area contributed by atoms with Gasteiger partial charge in [0.1, 0.15) is 11.6 Å². The summed E-state index contributed by atoms with van der Waals surface area (Å²) in [5, 5.41) is 0. The Labute approximate surface area is 178 Å². The van der Waals surface area contributed by atoms with E-state index in [1.807, 2.05) is 44.2 Å². The van der Waals surface area contributed by atoms with E-state index in [1.54, 1.807) is 6.07 Å². The van der Waals surface area contributed by atoms with E-state index in [-0.39, 0.29) is 36.1 Å². The lowest BCUT2D eigenvalue weighted by molar-refractivity contribution is 0.0981. The summed E-state index contributed by atoms with van der Waals surface area (Å²) in [6.07, 6.45) is 0.552. The molecule has 0 bridgehead atoms. The second-order valence-corrected chi connectivity index (χ2v) is 7.68. The zero-order chi connectivity index (χ0) is 22.5. The van der Waals surface area contributed by atoms with Crippen molar-refractivity contribution in [3.63, 3.8) is 0 Å². The maximum absolute atomic E-state index is 14.3. The number of amides is 1. The van der Waals surface area contributed by atoms with Gasteiger partial charge in [-0.2, -0.15) is 0 Å². The number of carbonyl (C=O) groups excluding carboxylic acids is 1. The SMILES string of the molecule is CC(C)CCN(C(=O)c1ccccc1F)c1c(N)n(Cc2ccccc2)c(=O)[nH]c1=O. The number of nitrogens with one attached hydrogen (secondary N) is 1. The molecule has 3 rings (SSSR count). The van der Waals surface area contributed by atoms with Crippen LogP contribution in [0.3, 0.4) is 0 Å². The Morgan fingerprint density at radius 3 is 2.39 bits per heavy atom. The van der Waals surface area contributed by atoms with Gasteiger partial charge >= 0.3 is 5.69 Å². The van der Waals surface area contributed by atoms with Gasteiger partial charge in [0, 0.05) is 6.54 Å². The number of rotatable bonds is 7. The van der Waals surface area contributed by atoms with Gasteiger partial charge in [-0.1, -0.05) is 56.3 Å². The fourth-order valence-corrected chi connectivity index (χ4v) is 3.24. The third-order valence-corrected chi connectivity index (χ3v) is 4.95. The number of nitrogen functional groups attached to an aromatic ring is 1. The summed E-state index contributed by atoms with van der Waals surface area (Å²) in [6.45, 7) is 4.19. The Hall–Kier alpha value is -3.68. The molecule has 0 aliphatic carbocycles. The molecule has 2 aromatic carbocycles. The molecule has 162 valence electrons. The molecule has 8 heteroatoms. The average Bonchev–Trinajstić information content (AvgIpc) is 2.74. The van der Waals surface area contributed by atoms with Crippen molar-refractivity contribution in [3.05, 3.63) is 92.4 Å². The number of aromatic nitrogens is 2. The van der Waals surface area contributed by atoms with Crippen LogP contribution in [0.2, 0.25) is 0 Å². The van der Waals surface area contributed by atoms with E-state index >= 15 is 0 Å². The lowest BCUT2D eigenvalue weighted by Gasteiger charge is -2.25. The molecule has 0 saturated heterocycles. The van der Waals surface area contributed by atoms with Crippen molar-refractivity contribution in [2.75, 3.05) is 17.2 Å². The van der Waals surface area contributed by atoms with Crippen LogP contribution in [0.4, 0.5) is 15.9 Å². The first-order valence-corrected chi connectivity index (χ1v) is 10.0. The van der Waals surface area contributed by atoms with Gasteiger partial charge in [-0.05, 0) is 30.0 Å². The van der Waals surface area contributed by atoms with Crippen molar-refractivity contribution in [1.82, 2.24) is 9.55 Å². The van der Waals surface area contributed by atoms with Crippen LogP contribution in [0, 0.1) is 11.7 Å². The van der Waals surface area contributed by atoms with E-state index in [0.29, 0.717) is 6.42 Å². The van der Waals surface area contributed by atoms with Crippen LogP contribution in [-0.2, 0) is 6.54 Å². The van der Waals surface area contributed by atoms with Crippen LogP contribution in [0.15, 0.2) is 64.2 Å². The van der Waals surface area contributed by atoms with Crippen molar-refractivity contribution in [2.24, 2.45) is 5.92 Å². The lowest BCUT2D eigenvalue weighted by atomic mass is 10.1. The van der Waals surface area contributed by atoms with Gasteiger partial charge in [0.15, 0.2) is 5.69 Å². The summed E-state index contributed by atoms with van der Waals surface area (Å²) >= 11 is 0. The Kier molecular flexibility index (Phi) is 6.69. The van der Waals surface area contributed by atoms with Crippen LogP contribution in [0.5, 0.6) is 0 Å². The second-order valence-electron chi connectivity index (χ2n) is 7.68. The second kappa shape index (κ2) is 9.42. The highest BCUT2D eigenvalue weighted by molar-refractivity contribution is 6.07. The van der Waals surface area contributed by atoms with Crippen LogP contribution in [0.25, 0.3) is 0 Å². The zero-order valence-electron chi connectivity index (χ0n) is 17.5. The molecule has 0 radical (unpaired) electrons. The molecule has 0 saturated carbocycles. The highest BCUT2D eigenvalue weighted by Gasteiger charge is 2.27. The number of anilines is 2. The molecule has 1 amide bonds. The Balaban J connectivity index is 2.13. The molecule has 0 spiro atoms. The standard InChI is InChI=1S/C23H25FN4O3/c1-15(2)12-13-27(22(30)17-10-6-7-11-18(17)24)19-20(25)28(23(31)26-21(19)29)14-16-8-4-3-5-9-16/h3-11,15H,12-14,25H2,1-2H3,(H,26,29,31). The topological polar surface area (TPSA) is 101 Å². The highest BCUT2D eigenvalue weighted by atomic mass is 19.1. The van der Waals surface area contributed by atoms with Crippen LogP contribution in [-0.4, -0.2) is 22.0 Å². The summed E-state index contributed by atoms with van der Waals surface area (Å²) < 4.78 is 15.5. The molecule has 31 heavy (non-hydrogen) atoms. The number of nitrogens with zero attached hydrogens (tertiary/aromatic N) is 2.